The van der Waals surface area contributed by atoms with Crippen LogP contribution in [0.4, 0.5) is 5.69 Å². The average Bonchev–Trinajstić information content (AvgIpc) is 2.71. The number of anilines is 1. The van der Waals surface area contributed by atoms with Crippen molar-refractivity contribution in [2.45, 2.75) is 9.10 Å². The summed E-state index contributed by atoms with van der Waals surface area (Å²) < 4.78 is 12.6. The minimum atomic E-state index is -1.12. The molecule has 0 aliphatic rings. The number of rotatable bonds is 2. The van der Waals surface area contributed by atoms with Crippen LogP contribution in [-0.4, -0.2) is 9.19 Å². The zero-order chi connectivity index (χ0) is 9.97. The van der Waals surface area contributed by atoms with E-state index in [2.05, 4.69) is 4.98 Å². The molecule has 0 saturated carbocycles. The van der Waals surface area contributed by atoms with Gasteiger partial charge in [-0.25, -0.2) is 4.21 Å². The molecule has 0 spiro atoms. The van der Waals surface area contributed by atoms with Crippen LogP contribution >= 0.6 is 11.3 Å². The maximum atomic E-state index is 11.9. The highest BCUT2D eigenvalue weighted by molar-refractivity contribution is 7.87. The number of thiazole rings is 1. The van der Waals surface area contributed by atoms with Gasteiger partial charge < -0.3 is 5.73 Å². The Labute approximate surface area is 88.1 Å². The Morgan fingerprint density at radius 3 is 2.57 bits per heavy atom. The summed E-state index contributed by atoms with van der Waals surface area (Å²) in [5.41, 5.74) is 7.88. The molecule has 1 aromatic heterocycles. The second kappa shape index (κ2) is 3.89. The highest BCUT2D eigenvalue weighted by atomic mass is 32.2. The molecular formula is C9H8N2OS2. The number of hydrogen-bond acceptors (Lipinski definition) is 4. The zero-order valence-corrected chi connectivity index (χ0v) is 8.85. The van der Waals surface area contributed by atoms with Crippen LogP contribution in [0.3, 0.4) is 0 Å². The number of aromatic nitrogens is 1. The first-order valence-electron chi connectivity index (χ1n) is 3.93. The minimum absolute atomic E-state index is 0.676. The van der Waals surface area contributed by atoms with E-state index in [9.17, 15) is 4.21 Å². The summed E-state index contributed by atoms with van der Waals surface area (Å²) in [6.45, 7) is 0. The summed E-state index contributed by atoms with van der Waals surface area (Å²) >= 11 is 1.39. The second-order valence-corrected chi connectivity index (χ2v) is 5.25. The van der Waals surface area contributed by atoms with Crippen molar-refractivity contribution in [2.75, 3.05) is 5.73 Å². The molecule has 0 aliphatic heterocycles. The molecule has 2 N–H and O–H groups in total. The molecule has 72 valence electrons. The Bertz CT molecular complexity index is 436. The van der Waals surface area contributed by atoms with E-state index in [0.29, 0.717) is 5.69 Å². The first-order chi connectivity index (χ1) is 6.77. The smallest absolute Gasteiger partial charge is 0.116 e. The highest BCUT2D eigenvalue weighted by Gasteiger charge is 2.07. The maximum absolute atomic E-state index is 11.9. The average molecular weight is 224 g/mol. The lowest BCUT2D eigenvalue weighted by atomic mass is 10.3. The van der Waals surface area contributed by atoms with E-state index in [1.54, 1.807) is 36.0 Å². The lowest BCUT2D eigenvalue weighted by molar-refractivity contribution is 0.684. The van der Waals surface area contributed by atoms with E-state index in [4.69, 9.17) is 5.73 Å². The van der Waals surface area contributed by atoms with Crippen molar-refractivity contribution >= 4 is 27.8 Å². The van der Waals surface area contributed by atoms with Gasteiger partial charge in [0.25, 0.3) is 0 Å². The molecule has 0 saturated heterocycles. The molecule has 0 fully saturated rings. The van der Waals surface area contributed by atoms with Crippen LogP contribution in [-0.2, 0) is 10.8 Å². The van der Waals surface area contributed by atoms with Crippen LogP contribution in [0.2, 0.25) is 0 Å². The number of nitrogen functional groups attached to an aromatic ring is 1. The van der Waals surface area contributed by atoms with Crippen molar-refractivity contribution in [3.8, 4) is 0 Å². The fourth-order valence-electron chi connectivity index (χ4n) is 1.00. The molecular weight excluding hydrogens is 216 g/mol. The van der Waals surface area contributed by atoms with Crippen molar-refractivity contribution in [3.63, 3.8) is 0 Å². The number of benzene rings is 1. The van der Waals surface area contributed by atoms with Crippen molar-refractivity contribution in [1.29, 1.82) is 0 Å². The summed E-state index contributed by atoms with van der Waals surface area (Å²) in [5.74, 6) is 0. The van der Waals surface area contributed by atoms with E-state index in [0.717, 1.165) is 9.10 Å². The molecule has 0 aliphatic carbocycles. The SMILES string of the molecule is Nc1ccc(S(=O)c2cncs2)cc1. The molecule has 1 unspecified atom stereocenters. The lowest BCUT2D eigenvalue weighted by Gasteiger charge is -1.98. The monoisotopic (exact) mass is 224 g/mol. The normalized spacial score (nSPS) is 12.6. The fraction of sp³-hybridized carbons (Fsp3) is 0. The van der Waals surface area contributed by atoms with Gasteiger partial charge in [0.1, 0.15) is 4.21 Å². The molecule has 3 nitrogen and oxygen atoms in total. The zero-order valence-electron chi connectivity index (χ0n) is 7.21. The van der Waals surface area contributed by atoms with Crippen LogP contribution in [0, 0.1) is 0 Å². The predicted molar refractivity (Wildman–Crippen MR) is 57.6 cm³/mol. The topological polar surface area (TPSA) is 56.0 Å². The van der Waals surface area contributed by atoms with Gasteiger partial charge in [0.15, 0.2) is 0 Å². The Hall–Kier alpha value is -1.20. The predicted octanol–water partition coefficient (Wildman–Crippen LogP) is 1.89. The highest BCUT2D eigenvalue weighted by Crippen LogP contribution is 2.19. The van der Waals surface area contributed by atoms with Gasteiger partial charge in [0, 0.05) is 10.6 Å². The Kier molecular flexibility index (Phi) is 2.60. The van der Waals surface area contributed by atoms with E-state index in [1.165, 1.54) is 11.3 Å². The number of nitrogens with zero attached hydrogens (tertiary/aromatic N) is 1. The molecule has 1 atom stereocenters. The molecule has 14 heavy (non-hydrogen) atoms. The van der Waals surface area contributed by atoms with E-state index in [1.807, 2.05) is 0 Å². The summed E-state index contributed by atoms with van der Waals surface area (Å²) in [7, 11) is -1.12. The van der Waals surface area contributed by atoms with Crippen molar-refractivity contribution < 1.29 is 4.21 Å². The van der Waals surface area contributed by atoms with Crippen molar-refractivity contribution in [2.24, 2.45) is 0 Å². The summed E-state index contributed by atoms with van der Waals surface area (Å²) in [4.78, 5) is 4.64. The quantitative estimate of drug-likeness (QED) is 0.792. The third-order valence-electron chi connectivity index (χ3n) is 1.69. The third kappa shape index (κ3) is 1.83. The molecule has 5 heteroatoms. The molecule has 0 radical (unpaired) electrons. The van der Waals surface area contributed by atoms with Crippen LogP contribution in [0.1, 0.15) is 0 Å². The van der Waals surface area contributed by atoms with Crippen LogP contribution in [0.5, 0.6) is 0 Å². The van der Waals surface area contributed by atoms with Crippen LogP contribution in [0.15, 0.2) is 45.1 Å². The Morgan fingerprint density at radius 2 is 2.00 bits per heavy atom. The van der Waals surface area contributed by atoms with Gasteiger partial charge in [-0.05, 0) is 24.3 Å². The Morgan fingerprint density at radius 1 is 1.29 bits per heavy atom. The fourth-order valence-corrected chi connectivity index (χ4v) is 2.89. The molecule has 0 amide bonds. The van der Waals surface area contributed by atoms with Gasteiger partial charge in [-0.2, -0.15) is 0 Å². The van der Waals surface area contributed by atoms with Crippen molar-refractivity contribution in [1.82, 2.24) is 4.98 Å². The number of hydrogen-bond donors (Lipinski definition) is 1. The summed E-state index contributed by atoms with van der Waals surface area (Å²) in [6.07, 6.45) is 1.62. The molecule has 0 bridgehead atoms. The lowest BCUT2D eigenvalue weighted by Crippen LogP contribution is -1.90. The van der Waals surface area contributed by atoms with Crippen LogP contribution < -0.4 is 5.73 Å². The Balaban J connectivity index is 2.33. The first-order valence-corrected chi connectivity index (χ1v) is 5.96. The molecule has 2 aromatic rings. The van der Waals surface area contributed by atoms with E-state index in [-0.39, 0.29) is 0 Å². The molecule has 1 heterocycles. The molecule has 1 aromatic carbocycles. The van der Waals surface area contributed by atoms with Crippen molar-refractivity contribution in [3.05, 3.63) is 36.0 Å². The third-order valence-corrected chi connectivity index (χ3v) is 4.17. The van der Waals surface area contributed by atoms with Gasteiger partial charge in [-0.3, -0.25) is 4.98 Å². The minimum Gasteiger partial charge on any atom is -0.399 e. The first kappa shape index (κ1) is 9.36. The van der Waals surface area contributed by atoms with E-state index < -0.39 is 10.8 Å². The van der Waals surface area contributed by atoms with Gasteiger partial charge in [0.2, 0.25) is 0 Å². The van der Waals surface area contributed by atoms with Crippen LogP contribution in [0.25, 0.3) is 0 Å². The standard InChI is InChI=1S/C9H8N2OS2/c10-7-1-3-8(4-2-7)14(12)9-5-11-6-13-9/h1-6H,10H2. The second-order valence-electron chi connectivity index (χ2n) is 2.66. The van der Waals surface area contributed by atoms with E-state index >= 15 is 0 Å². The van der Waals surface area contributed by atoms with Gasteiger partial charge in [0.05, 0.1) is 22.5 Å². The largest absolute Gasteiger partial charge is 0.399 e. The summed E-state index contributed by atoms with van der Waals surface area (Å²) in [6, 6.07) is 7.03. The van der Waals surface area contributed by atoms with Gasteiger partial charge in [-0.1, -0.05) is 0 Å². The number of nitrogens with two attached hydrogens (primary N) is 1. The van der Waals surface area contributed by atoms with Gasteiger partial charge in [-0.15, -0.1) is 11.3 Å². The summed E-state index contributed by atoms with van der Waals surface area (Å²) in [5, 5.41) is 0. The van der Waals surface area contributed by atoms with Gasteiger partial charge >= 0.3 is 0 Å². The molecule has 2 rings (SSSR count). The maximum Gasteiger partial charge on any atom is 0.116 e.